The fourth-order valence-corrected chi connectivity index (χ4v) is 2.83. The van der Waals surface area contributed by atoms with Crippen molar-refractivity contribution in [2.75, 3.05) is 11.1 Å². The first-order valence-corrected chi connectivity index (χ1v) is 7.99. The maximum absolute atomic E-state index is 9.60. The molecule has 1 heterocycles. The summed E-state index contributed by atoms with van der Waals surface area (Å²) in [7, 11) is 0. The summed E-state index contributed by atoms with van der Waals surface area (Å²) in [5, 5.41) is 24.8. The van der Waals surface area contributed by atoms with Gasteiger partial charge in [0.25, 0.3) is 0 Å². The Balaban J connectivity index is 1.82. The van der Waals surface area contributed by atoms with E-state index in [1.165, 1.54) is 12.1 Å². The molecular formula is C16H13ClN2O2S. The lowest BCUT2D eigenvalue weighted by Crippen LogP contribution is -2.16. The van der Waals surface area contributed by atoms with Crippen molar-refractivity contribution < 1.29 is 10.2 Å². The van der Waals surface area contributed by atoms with Crippen molar-refractivity contribution in [2.45, 2.75) is 0 Å². The van der Waals surface area contributed by atoms with Gasteiger partial charge in [-0.05, 0) is 47.9 Å². The Labute approximate surface area is 137 Å². The molecule has 0 aliphatic carbocycles. The highest BCUT2D eigenvalue weighted by molar-refractivity contribution is 8.03. The van der Waals surface area contributed by atoms with Gasteiger partial charge in [-0.1, -0.05) is 11.6 Å². The van der Waals surface area contributed by atoms with Crippen LogP contribution in [-0.4, -0.2) is 21.8 Å². The third-order valence-electron chi connectivity index (χ3n) is 3.07. The minimum Gasteiger partial charge on any atom is -0.504 e. The largest absolute Gasteiger partial charge is 0.504 e. The summed E-state index contributed by atoms with van der Waals surface area (Å²) < 4.78 is 0. The van der Waals surface area contributed by atoms with Crippen LogP contribution < -0.4 is 5.32 Å². The van der Waals surface area contributed by atoms with E-state index in [2.05, 4.69) is 10.3 Å². The summed E-state index contributed by atoms with van der Waals surface area (Å²) >= 11 is 7.48. The van der Waals surface area contributed by atoms with Crippen LogP contribution in [-0.2, 0) is 0 Å². The maximum atomic E-state index is 9.60. The van der Waals surface area contributed by atoms with E-state index in [9.17, 15) is 10.2 Å². The normalized spacial score (nSPS) is 14.2. The number of benzene rings is 2. The van der Waals surface area contributed by atoms with Crippen molar-refractivity contribution in [2.24, 2.45) is 4.99 Å². The Kier molecular flexibility index (Phi) is 4.27. The first-order chi connectivity index (χ1) is 10.6. The predicted molar refractivity (Wildman–Crippen MR) is 92.7 cm³/mol. The SMILES string of the molecule is Oc1ccc(C2=CSCC(Nc3ccc(Cl)cc3)=N2)cc1O. The van der Waals surface area contributed by atoms with Crippen LogP contribution in [0.25, 0.3) is 5.70 Å². The van der Waals surface area contributed by atoms with Crippen molar-refractivity contribution in [1.29, 1.82) is 0 Å². The second-order valence-corrected chi connectivity index (χ2v) is 6.00. The van der Waals surface area contributed by atoms with E-state index in [0.29, 0.717) is 5.02 Å². The van der Waals surface area contributed by atoms with Gasteiger partial charge in [-0.15, -0.1) is 11.8 Å². The smallest absolute Gasteiger partial charge is 0.158 e. The van der Waals surface area contributed by atoms with Crippen LogP contribution in [0.3, 0.4) is 0 Å². The standard InChI is InChI=1S/C16H13ClN2O2S/c17-11-2-4-12(5-3-11)18-16-9-22-8-13(19-16)10-1-6-14(20)15(21)7-10/h1-8,20-21H,9H2,(H,18,19). The second kappa shape index (κ2) is 6.34. The van der Waals surface area contributed by atoms with Gasteiger partial charge in [0.05, 0.1) is 11.4 Å². The highest BCUT2D eigenvalue weighted by Crippen LogP contribution is 2.31. The molecule has 0 bridgehead atoms. The lowest BCUT2D eigenvalue weighted by Gasteiger charge is -2.15. The molecule has 22 heavy (non-hydrogen) atoms. The van der Waals surface area contributed by atoms with E-state index in [4.69, 9.17) is 11.6 Å². The van der Waals surface area contributed by atoms with E-state index in [1.54, 1.807) is 17.8 Å². The van der Waals surface area contributed by atoms with E-state index in [-0.39, 0.29) is 11.5 Å². The quantitative estimate of drug-likeness (QED) is 0.717. The molecule has 3 rings (SSSR count). The third-order valence-corrected chi connectivity index (χ3v) is 4.16. The van der Waals surface area contributed by atoms with Gasteiger partial charge < -0.3 is 15.5 Å². The number of amidine groups is 1. The summed E-state index contributed by atoms with van der Waals surface area (Å²) in [5.41, 5.74) is 2.40. The molecule has 0 radical (unpaired) electrons. The number of nitrogens with one attached hydrogen (secondary N) is 1. The molecule has 2 aromatic carbocycles. The Morgan fingerprint density at radius 2 is 1.82 bits per heavy atom. The lowest BCUT2D eigenvalue weighted by atomic mass is 10.1. The Hall–Kier alpha value is -2.11. The van der Waals surface area contributed by atoms with Gasteiger partial charge in [0.15, 0.2) is 11.5 Å². The van der Waals surface area contributed by atoms with E-state index in [0.717, 1.165) is 28.5 Å². The first kappa shape index (κ1) is 14.8. The van der Waals surface area contributed by atoms with Gasteiger partial charge in [-0.25, -0.2) is 4.99 Å². The molecule has 1 aliphatic rings. The molecule has 0 aromatic heterocycles. The number of nitrogens with zero attached hydrogens (tertiary/aromatic N) is 1. The first-order valence-electron chi connectivity index (χ1n) is 6.56. The summed E-state index contributed by atoms with van der Waals surface area (Å²) in [6.07, 6.45) is 0. The van der Waals surface area contributed by atoms with Gasteiger partial charge in [-0.3, -0.25) is 0 Å². The molecule has 0 saturated carbocycles. The van der Waals surface area contributed by atoms with Crippen LogP contribution in [0.15, 0.2) is 52.9 Å². The van der Waals surface area contributed by atoms with Crippen LogP contribution in [0.4, 0.5) is 5.69 Å². The third kappa shape index (κ3) is 3.37. The number of hydrogen-bond donors (Lipinski definition) is 3. The zero-order chi connectivity index (χ0) is 15.5. The van der Waals surface area contributed by atoms with E-state index in [1.807, 2.05) is 29.7 Å². The molecule has 4 nitrogen and oxygen atoms in total. The summed E-state index contributed by atoms with van der Waals surface area (Å²) in [4.78, 5) is 4.56. The molecule has 112 valence electrons. The molecule has 0 unspecified atom stereocenters. The Morgan fingerprint density at radius 1 is 1.05 bits per heavy atom. The molecule has 1 aliphatic heterocycles. The summed E-state index contributed by atoms with van der Waals surface area (Å²) in [5.74, 6) is 1.25. The van der Waals surface area contributed by atoms with Crippen LogP contribution in [0.1, 0.15) is 5.56 Å². The molecule has 0 atom stereocenters. The fraction of sp³-hybridized carbons (Fsp3) is 0.0625. The number of anilines is 1. The molecule has 2 aromatic rings. The summed E-state index contributed by atoms with van der Waals surface area (Å²) in [6.45, 7) is 0. The molecule has 0 amide bonds. The van der Waals surface area contributed by atoms with Crippen LogP contribution in [0.2, 0.25) is 5.02 Å². The predicted octanol–water partition coefficient (Wildman–Crippen LogP) is 4.31. The average molecular weight is 333 g/mol. The number of aromatic hydroxyl groups is 2. The number of halogens is 1. The van der Waals surface area contributed by atoms with Crippen LogP contribution in [0, 0.1) is 0 Å². The maximum Gasteiger partial charge on any atom is 0.158 e. The second-order valence-electron chi connectivity index (χ2n) is 4.71. The minimum absolute atomic E-state index is 0.142. The molecular weight excluding hydrogens is 320 g/mol. The number of phenols is 2. The van der Waals surface area contributed by atoms with Crippen LogP contribution >= 0.6 is 23.4 Å². The van der Waals surface area contributed by atoms with Gasteiger partial charge >= 0.3 is 0 Å². The van der Waals surface area contributed by atoms with Crippen molar-refractivity contribution >= 4 is 40.6 Å². The van der Waals surface area contributed by atoms with Crippen molar-refractivity contribution in [3.8, 4) is 11.5 Å². The zero-order valence-electron chi connectivity index (χ0n) is 11.5. The number of thioether (sulfide) groups is 1. The van der Waals surface area contributed by atoms with Gasteiger partial charge in [0.1, 0.15) is 5.84 Å². The topological polar surface area (TPSA) is 64.8 Å². The average Bonchev–Trinajstić information content (AvgIpc) is 2.53. The van der Waals surface area contributed by atoms with Crippen molar-refractivity contribution in [3.05, 3.63) is 58.5 Å². The Morgan fingerprint density at radius 3 is 2.55 bits per heavy atom. The van der Waals surface area contributed by atoms with Gasteiger partial charge in [0, 0.05) is 16.3 Å². The van der Waals surface area contributed by atoms with Crippen molar-refractivity contribution in [3.63, 3.8) is 0 Å². The van der Waals surface area contributed by atoms with Crippen molar-refractivity contribution in [1.82, 2.24) is 0 Å². The van der Waals surface area contributed by atoms with Gasteiger partial charge in [-0.2, -0.15) is 0 Å². The summed E-state index contributed by atoms with van der Waals surface area (Å²) in [6, 6.07) is 12.1. The highest BCUT2D eigenvalue weighted by atomic mass is 35.5. The number of phenolic OH excluding ortho intramolecular Hbond substituents is 2. The van der Waals surface area contributed by atoms with Gasteiger partial charge in [0.2, 0.25) is 0 Å². The van der Waals surface area contributed by atoms with Crippen LogP contribution in [0.5, 0.6) is 11.5 Å². The molecule has 0 fully saturated rings. The molecule has 6 heteroatoms. The molecule has 0 saturated heterocycles. The lowest BCUT2D eigenvalue weighted by molar-refractivity contribution is 0.403. The van der Waals surface area contributed by atoms with E-state index >= 15 is 0 Å². The zero-order valence-corrected chi connectivity index (χ0v) is 13.0. The number of rotatable bonds is 2. The molecule has 3 N–H and O–H groups in total. The fourth-order valence-electron chi connectivity index (χ4n) is 1.98. The number of hydrogen-bond acceptors (Lipinski definition) is 5. The minimum atomic E-state index is -0.156. The van der Waals surface area contributed by atoms with E-state index < -0.39 is 0 Å². The molecule has 0 spiro atoms. The number of aliphatic imine (C=N–C) groups is 1. The Bertz CT molecular complexity index is 757. The monoisotopic (exact) mass is 332 g/mol. The highest BCUT2D eigenvalue weighted by Gasteiger charge is 2.11.